The zero-order valence-electron chi connectivity index (χ0n) is 14.9. The maximum atomic E-state index is 12.0. The van der Waals surface area contributed by atoms with Crippen molar-refractivity contribution in [2.24, 2.45) is 0 Å². The molecule has 0 bridgehead atoms. The van der Waals surface area contributed by atoms with Gasteiger partial charge in [-0.2, -0.15) is 0 Å². The molecule has 0 aliphatic rings. The summed E-state index contributed by atoms with van der Waals surface area (Å²) in [4.78, 5) is 23.9. The number of nitrogens with one attached hydrogen (secondary N) is 2. The molecule has 0 atom stereocenters. The molecule has 7 heteroatoms. The zero-order chi connectivity index (χ0) is 19.1. The average Bonchev–Trinajstić information content (AvgIpc) is 2.60. The first-order chi connectivity index (χ1) is 12.4. The summed E-state index contributed by atoms with van der Waals surface area (Å²) >= 11 is 5.94. The number of methoxy groups -OCH3 is 1. The third-order valence-corrected chi connectivity index (χ3v) is 3.93. The van der Waals surface area contributed by atoms with Crippen LogP contribution < -0.4 is 20.3 Å². The van der Waals surface area contributed by atoms with Crippen molar-refractivity contribution >= 4 is 23.4 Å². The van der Waals surface area contributed by atoms with E-state index in [1.165, 1.54) is 7.11 Å². The minimum absolute atomic E-state index is 0.0156. The maximum absolute atomic E-state index is 12.0. The standard InChI is InChI=1S/C19H21ClN2O4/c1-12-5-4-6-13(2)19(12)26-11-18(24)22-21-17(23)10-14-9-15(20)7-8-16(14)25-3/h4-9H,10-11H2,1-3H3,(H,21,23)(H,22,24). The largest absolute Gasteiger partial charge is 0.496 e. The van der Waals surface area contributed by atoms with Crippen LogP contribution in [0, 0.1) is 13.8 Å². The van der Waals surface area contributed by atoms with E-state index in [2.05, 4.69) is 10.9 Å². The first-order valence-corrected chi connectivity index (χ1v) is 8.37. The Morgan fingerprint density at radius 3 is 2.35 bits per heavy atom. The van der Waals surface area contributed by atoms with Crippen LogP contribution in [-0.2, 0) is 16.0 Å². The summed E-state index contributed by atoms with van der Waals surface area (Å²) in [5.74, 6) is 0.358. The summed E-state index contributed by atoms with van der Waals surface area (Å²) < 4.78 is 10.7. The molecule has 0 radical (unpaired) electrons. The topological polar surface area (TPSA) is 76.7 Å². The van der Waals surface area contributed by atoms with Gasteiger partial charge in [-0.3, -0.25) is 20.4 Å². The molecule has 0 heterocycles. The van der Waals surface area contributed by atoms with E-state index < -0.39 is 11.8 Å². The summed E-state index contributed by atoms with van der Waals surface area (Å²) in [5.41, 5.74) is 7.18. The first kappa shape index (κ1) is 19.6. The van der Waals surface area contributed by atoms with Crippen molar-refractivity contribution in [1.82, 2.24) is 10.9 Å². The number of halogens is 1. The Morgan fingerprint density at radius 1 is 1.04 bits per heavy atom. The summed E-state index contributed by atoms with van der Waals surface area (Å²) in [5, 5.41) is 0.500. The first-order valence-electron chi connectivity index (χ1n) is 8.00. The Morgan fingerprint density at radius 2 is 1.69 bits per heavy atom. The van der Waals surface area contributed by atoms with Gasteiger partial charge in [-0.1, -0.05) is 29.8 Å². The molecular weight excluding hydrogens is 356 g/mol. The molecule has 2 rings (SSSR count). The fraction of sp³-hybridized carbons (Fsp3) is 0.263. The highest BCUT2D eigenvalue weighted by Gasteiger charge is 2.11. The van der Waals surface area contributed by atoms with Crippen molar-refractivity contribution in [1.29, 1.82) is 0 Å². The summed E-state index contributed by atoms with van der Waals surface area (Å²) in [6, 6.07) is 10.7. The lowest BCUT2D eigenvalue weighted by molar-refractivity contribution is -0.129. The van der Waals surface area contributed by atoms with Gasteiger partial charge < -0.3 is 9.47 Å². The van der Waals surface area contributed by atoms with Gasteiger partial charge in [-0.05, 0) is 43.2 Å². The second-order valence-corrected chi connectivity index (χ2v) is 6.18. The van der Waals surface area contributed by atoms with E-state index in [1.807, 2.05) is 32.0 Å². The molecule has 138 valence electrons. The molecular formula is C19H21ClN2O4. The highest BCUT2D eigenvalue weighted by atomic mass is 35.5. The van der Waals surface area contributed by atoms with E-state index in [9.17, 15) is 9.59 Å². The van der Waals surface area contributed by atoms with E-state index in [-0.39, 0.29) is 13.0 Å². The summed E-state index contributed by atoms with van der Waals surface area (Å²) in [6.45, 7) is 3.60. The number of hydrogen-bond donors (Lipinski definition) is 2. The molecule has 6 nitrogen and oxygen atoms in total. The van der Waals surface area contributed by atoms with Crippen LogP contribution in [0.5, 0.6) is 11.5 Å². The van der Waals surface area contributed by atoms with Crippen molar-refractivity contribution in [3.8, 4) is 11.5 Å². The van der Waals surface area contributed by atoms with Gasteiger partial charge in [0.05, 0.1) is 13.5 Å². The molecule has 0 aromatic heterocycles. The Kier molecular flexibility index (Phi) is 6.86. The number of ether oxygens (including phenoxy) is 2. The lowest BCUT2D eigenvalue weighted by Gasteiger charge is -2.13. The van der Waals surface area contributed by atoms with Crippen molar-refractivity contribution in [3.63, 3.8) is 0 Å². The molecule has 0 unspecified atom stereocenters. The number of carbonyl (C=O) groups excluding carboxylic acids is 2. The van der Waals surface area contributed by atoms with Crippen LogP contribution in [0.2, 0.25) is 5.02 Å². The number of rotatable bonds is 6. The minimum Gasteiger partial charge on any atom is -0.496 e. The molecule has 0 spiro atoms. The van der Waals surface area contributed by atoms with E-state index in [4.69, 9.17) is 21.1 Å². The summed E-state index contributed by atoms with van der Waals surface area (Å²) in [6.07, 6.45) is 0.0156. The van der Waals surface area contributed by atoms with E-state index in [1.54, 1.807) is 18.2 Å². The van der Waals surface area contributed by atoms with Crippen LogP contribution in [0.3, 0.4) is 0 Å². The van der Waals surface area contributed by atoms with Crippen LogP contribution in [0.15, 0.2) is 36.4 Å². The van der Waals surface area contributed by atoms with Crippen LogP contribution in [0.1, 0.15) is 16.7 Å². The molecule has 0 fully saturated rings. The van der Waals surface area contributed by atoms with E-state index in [0.717, 1.165) is 11.1 Å². The number of benzene rings is 2. The molecule has 0 saturated heterocycles. The van der Waals surface area contributed by atoms with E-state index in [0.29, 0.717) is 22.1 Å². The van der Waals surface area contributed by atoms with Gasteiger partial charge in [-0.15, -0.1) is 0 Å². The van der Waals surface area contributed by atoms with Gasteiger partial charge in [0.25, 0.3) is 5.91 Å². The SMILES string of the molecule is COc1ccc(Cl)cc1CC(=O)NNC(=O)COc1c(C)cccc1C. The second-order valence-electron chi connectivity index (χ2n) is 5.74. The highest BCUT2D eigenvalue weighted by molar-refractivity contribution is 6.30. The van der Waals surface area contributed by atoms with Crippen molar-refractivity contribution in [3.05, 3.63) is 58.1 Å². The van der Waals surface area contributed by atoms with Crippen molar-refractivity contribution < 1.29 is 19.1 Å². The molecule has 2 aromatic rings. The second kappa shape index (κ2) is 9.10. The molecule has 2 N–H and O–H groups in total. The normalized spacial score (nSPS) is 10.2. The third-order valence-electron chi connectivity index (χ3n) is 3.69. The Labute approximate surface area is 157 Å². The fourth-order valence-corrected chi connectivity index (χ4v) is 2.64. The molecule has 2 aromatic carbocycles. The Balaban J connectivity index is 1.84. The number of carbonyl (C=O) groups is 2. The number of aryl methyl sites for hydroxylation is 2. The van der Waals surface area contributed by atoms with Crippen LogP contribution in [0.4, 0.5) is 0 Å². The van der Waals surface area contributed by atoms with Gasteiger partial charge in [0.15, 0.2) is 6.61 Å². The van der Waals surface area contributed by atoms with Gasteiger partial charge in [-0.25, -0.2) is 0 Å². The van der Waals surface area contributed by atoms with Gasteiger partial charge >= 0.3 is 0 Å². The Bertz CT molecular complexity index is 788. The average molecular weight is 377 g/mol. The predicted molar refractivity (Wildman–Crippen MR) is 99.4 cm³/mol. The Hall–Kier alpha value is -2.73. The number of para-hydroxylation sites is 1. The van der Waals surface area contributed by atoms with Crippen molar-refractivity contribution in [2.45, 2.75) is 20.3 Å². The van der Waals surface area contributed by atoms with Crippen LogP contribution >= 0.6 is 11.6 Å². The number of amides is 2. The van der Waals surface area contributed by atoms with Gasteiger partial charge in [0.1, 0.15) is 11.5 Å². The van der Waals surface area contributed by atoms with Crippen molar-refractivity contribution in [2.75, 3.05) is 13.7 Å². The molecule has 26 heavy (non-hydrogen) atoms. The smallest absolute Gasteiger partial charge is 0.276 e. The lowest BCUT2D eigenvalue weighted by atomic mass is 10.1. The molecule has 0 saturated carbocycles. The number of hydrazine groups is 1. The fourth-order valence-electron chi connectivity index (χ4n) is 2.44. The molecule has 0 aliphatic carbocycles. The van der Waals surface area contributed by atoms with E-state index >= 15 is 0 Å². The van der Waals surface area contributed by atoms with Crippen LogP contribution in [0.25, 0.3) is 0 Å². The summed E-state index contributed by atoms with van der Waals surface area (Å²) in [7, 11) is 1.51. The quantitative estimate of drug-likeness (QED) is 0.760. The minimum atomic E-state index is -0.459. The van der Waals surface area contributed by atoms with Gasteiger partial charge in [0, 0.05) is 10.6 Å². The zero-order valence-corrected chi connectivity index (χ0v) is 15.6. The molecule has 2 amide bonds. The monoisotopic (exact) mass is 376 g/mol. The number of hydrogen-bond acceptors (Lipinski definition) is 4. The lowest BCUT2D eigenvalue weighted by Crippen LogP contribution is -2.44. The van der Waals surface area contributed by atoms with Crippen LogP contribution in [-0.4, -0.2) is 25.5 Å². The van der Waals surface area contributed by atoms with Gasteiger partial charge in [0.2, 0.25) is 5.91 Å². The molecule has 0 aliphatic heterocycles. The highest BCUT2D eigenvalue weighted by Crippen LogP contribution is 2.23. The predicted octanol–water partition coefficient (Wildman–Crippen LogP) is 2.73. The third kappa shape index (κ3) is 5.39. The maximum Gasteiger partial charge on any atom is 0.276 e.